The monoisotopic (exact) mass is 274 g/mol. The number of rotatable bonds is 7. The summed E-state index contributed by atoms with van der Waals surface area (Å²) < 4.78 is 0. The summed E-state index contributed by atoms with van der Waals surface area (Å²) in [5, 5.41) is 1.56. The van der Waals surface area contributed by atoms with Gasteiger partial charge in [0.25, 0.3) is 0 Å². The van der Waals surface area contributed by atoms with E-state index in [1.165, 1.54) is 18.9 Å². The lowest BCUT2D eigenvalue weighted by atomic mass is 10.00. The van der Waals surface area contributed by atoms with Gasteiger partial charge in [0.1, 0.15) is 5.78 Å². The molecule has 0 N–H and O–H groups in total. The molecule has 1 aliphatic carbocycles. The third kappa shape index (κ3) is 3.79. The van der Waals surface area contributed by atoms with Crippen molar-refractivity contribution in [1.82, 2.24) is 0 Å². The summed E-state index contributed by atoms with van der Waals surface area (Å²) >= 11 is 0. The number of Topliss-reactive ketones (excluding diaryl/α,β-unsaturated/α-hetero) is 1. The van der Waals surface area contributed by atoms with Gasteiger partial charge in [-0.25, -0.2) is 0 Å². The summed E-state index contributed by atoms with van der Waals surface area (Å²) in [5.74, 6) is 0.436. The van der Waals surface area contributed by atoms with Gasteiger partial charge in [0.2, 0.25) is 0 Å². The summed E-state index contributed by atoms with van der Waals surface area (Å²) in [7, 11) is -1.35. The van der Waals surface area contributed by atoms with Crippen LogP contribution in [0.4, 0.5) is 0 Å². The van der Waals surface area contributed by atoms with Gasteiger partial charge in [-0.2, -0.15) is 0 Å². The molecule has 0 spiro atoms. The Kier molecular flexibility index (Phi) is 4.29. The Bertz CT molecular complexity index is 432. The van der Waals surface area contributed by atoms with Crippen molar-refractivity contribution < 1.29 is 4.79 Å². The van der Waals surface area contributed by atoms with Crippen LogP contribution in [0.3, 0.4) is 0 Å². The summed E-state index contributed by atoms with van der Waals surface area (Å²) in [6.45, 7) is 6.93. The Hall–Kier alpha value is -0.893. The normalized spacial score (nSPS) is 17.2. The first-order valence-electron chi connectivity index (χ1n) is 7.55. The van der Waals surface area contributed by atoms with Crippen molar-refractivity contribution in [3.8, 4) is 0 Å². The number of benzene rings is 1. The van der Waals surface area contributed by atoms with Gasteiger partial charge in [-0.1, -0.05) is 55.5 Å². The van der Waals surface area contributed by atoms with Crippen LogP contribution < -0.4 is 5.19 Å². The van der Waals surface area contributed by atoms with E-state index in [1.807, 2.05) is 6.92 Å². The standard InChI is InChI=1S/C17H26OSi/c1-4-15(18)10-11-17(12-13-17)14-19(2,3)16-8-6-5-7-9-16/h5-9H,4,10-14H2,1-3H3. The van der Waals surface area contributed by atoms with Crippen LogP contribution in [-0.2, 0) is 4.79 Å². The van der Waals surface area contributed by atoms with Crippen LogP contribution in [0.1, 0.15) is 39.0 Å². The first-order valence-corrected chi connectivity index (χ1v) is 10.8. The van der Waals surface area contributed by atoms with Crippen LogP contribution in [0.5, 0.6) is 0 Å². The molecule has 19 heavy (non-hydrogen) atoms. The molecule has 0 amide bonds. The Balaban J connectivity index is 1.98. The minimum absolute atomic E-state index is 0.436. The van der Waals surface area contributed by atoms with E-state index in [4.69, 9.17) is 0 Å². The van der Waals surface area contributed by atoms with E-state index in [0.717, 1.165) is 12.8 Å². The predicted molar refractivity (Wildman–Crippen MR) is 84.6 cm³/mol. The molecule has 1 aliphatic rings. The lowest BCUT2D eigenvalue weighted by Crippen LogP contribution is -2.43. The molecule has 0 atom stereocenters. The molecule has 2 rings (SSSR count). The molecule has 1 saturated carbocycles. The first-order chi connectivity index (χ1) is 8.97. The maximum Gasteiger partial charge on any atom is 0.132 e. The highest BCUT2D eigenvalue weighted by atomic mass is 28.3. The number of hydrogen-bond donors (Lipinski definition) is 0. The summed E-state index contributed by atoms with van der Waals surface area (Å²) in [5.41, 5.74) is 0.510. The Morgan fingerprint density at radius 1 is 1.21 bits per heavy atom. The van der Waals surface area contributed by atoms with E-state index < -0.39 is 8.07 Å². The van der Waals surface area contributed by atoms with Crippen LogP contribution >= 0.6 is 0 Å². The largest absolute Gasteiger partial charge is 0.300 e. The van der Waals surface area contributed by atoms with Crippen molar-refractivity contribution in [3.05, 3.63) is 30.3 Å². The van der Waals surface area contributed by atoms with Crippen molar-refractivity contribution in [2.45, 2.75) is 58.2 Å². The summed E-state index contributed by atoms with van der Waals surface area (Å²) in [6.07, 6.45) is 5.31. The van der Waals surface area contributed by atoms with E-state index >= 15 is 0 Å². The lowest BCUT2D eigenvalue weighted by Gasteiger charge is -2.28. The molecule has 104 valence electrons. The van der Waals surface area contributed by atoms with E-state index in [2.05, 4.69) is 43.4 Å². The second kappa shape index (κ2) is 5.62. The Labute approximate surface area is 118 Å². The predicted octanol–water partition coefficient (Wildman–Crippen LogP) is 4.14. The number of carbonyl (C=O) groups is 1. The summed E-state index contributed by atoms with van der Waals surface area (Å²) in [4.78, 5) is 11.5. The molecule has 0 aromatic heterocycles. The van der Waals surface area contributed by atoms with Crippen molar-refractivity contribution in [3.63, 3.8) is 0 Å². The van der Waals surface area contributed by atoms with E-state index in [9.17, 15) is 4.79 Å². The van der Waals surface area contributed by atoms with Gasteiger partial charge in [-0.15, -0.1) is 0 Å². The molecular weight excluding hydrogens is 248 g/mol. The molecular formula is C17H26OSi. The highest BCUT2D eigenvalue weighted by molar-refractivity contribution is 6.89. The van der Waals surface area contributed by atoms with Gasteiger partial charge in [-0.05, 0) is 30.7 Å². The van der Waals surface area contributed by atoms with Crippen LogP contribution in [0, 0.1) is 5.41 Å². The number of ketones is 1. The van der Waals surface area contributed by atoms with Gasteiger partial charge >= 0.3 is 0 Å². The topological polar surface area (TPSA) is 17.1 Å². The Morgan fingerprint density at radius 2 is 1.84 bits per heavy atom. The van der Waals surface area contributed by atoms with Crippen LogP contribution in [-0.4, -0.2) is 13.9 Å². The van der Waals surface area contributed by atoms with Crippen LogP contribution in [0.25, 0.3) is 0 Å². The summed E-state index contributed by atoms with van der Waals surface area (Å²) in [6, 6.07) is 12.3. The smallest absolute Gasteiger partial charge is 0.132 e. The average molecular weight is 274 g/mol. The zero-order valence-corrected chi connectivity index (χ0v) is 13.5. The second-order valence-corrected chi connectivity index (χ2v) is 11.5. The zero-order chi connectivity index (χ0) is 13.9. The third-order valence-electron chi connectivity index (χ3n) is 4.66. The molecule has 0 radical (unpaired) electrons. The maximum atomic E-state index is 11.5. The maximum absolute atomic E-state index is 11.5. The van der Waals surface area contributed by atoms with Gasteiger partial charge in [0, 0.05) is 12.8 Å². The third-order valence-corrected chi connectivity index (χ3v) is 8.19. The fourth-order valence-electron chi connectivity index (χ4n) is 3.20. The van der Waals surface area contributed by atoms with Crippen LogP contribution in [0.2, 0.25) is 19.1 Å². The molecule has 0 aliphatic heterocycles. The molecule has 1 aromatic rings. The molecule has 2 heteroatoms. The molecule has 0 heterocycles. The van der Waals surface area contributed by atoms with Crippen molar-refractivity contribution in [1.29, 1.82) is 0 Å². The zero-order valence-electron chi connectivity index (χ0n) is 12.5. The van der Waals surface area contributed by atoms with Gasteiger partial charge in [0.15, 0.2) is 0 Å². The van der Waals surface area contributed by atoms with E-state index in [1.54, 1.807) is 5.19 Å². The van der Waals surface area contributed by atoms with Crippen molar-refractivity contribution in [2.24, 2.45) is 5.41 Å². The van der Waals surface area contributed by atoms with Crippen LogP contribution in [0.15, 0.2) is 30.3 Å². The molecule has 0 saturated heterocycles. The molecule has 1 aromatic carbocycles. The molecule has 1 nitrogen and oxygen atoms in total. The second-order valence-electron chi connectivity index (χ2n) is 6.82. The van der Waals surface area contributed by atoms with Crippen molar-refractivity contribution in [2.75, 3.05) is 0 Å². The fraction of sp³-hybridized carbons (Fsp3) is 0.588. The molecule has 1 fully saturated rings. The van der Waals surface area contributed by atoms with Gasteiger partial charge in [0.05, 0.1) is 8.07 Å². The van der Waals surface area contributed by atoms with E-state index in [-0.39, 0.29) is 0 Å². The van der Waals surface area contributed by atoms with Crippen molar-refractivity contribution >= 4 is 19.0 Å². The average Bonchev–Trinajstić information content (AvgIpc) is 3.16. The SMILES string of the molecule is CCC(=O)CCC1(C[Si](C)(C)c2ccccc2)CC1. The van der Waals surface area contributed by atoms with Gasteiger partial charge in [-0.3, -0.25) is 4.79 Å². The minimum atomic E-state index is -1.35. The fourth-order valence-corrected chi connectivity index (χ4v) is 6.91. The Morgan fingerprint density at radius 3 is 2.37 bits per heavy atom. The quantitative estimate of drug-likeness (QED) is 0.683. The minimum Gasteiger partial charge on any atom is -0.300 e. The highest BCUT2D eigenvalue weighted by Crippen LogP contribution is 2.55. The van der Waals surface area contributed by atoms with E-state index in [0.29, 0.717) is 17.6 Å². The van der Waals surface area contributed by atoms with Gasteiger partial charge < -0.3 is 0 Å². The first kappa shape index (κ1) is 14.5. The molecule has 0 unspecified atom stereocenters. The number of carbonyl (C=O) groups excluding carboxylic acids is 1. The highest BCUT2D eigenvalue weighted by Gasteiger charge is 2.46. The number of hydrogen-bond acceptors (Lipinski definition) is 1. The molecule has 0 bridgehead atoms. The lowest BCUT2D eigenvalue weighted by molar-refractivity contribution is -0.119.